The van der Waals surface area contributed by atoms with Gasteiger partial charge in [0.2, 0.25) is 0 Å². The maximum absolute atomic E-state index is 5.92. The minimum atomic E-state index is 0.570. The summed E-state index contributed by atoms with van der Waals surface area (Å²) in [5.74, 6) is 1.25. The summed E-state index contributed by atoms with van der Waals surface area (Å²) in [5.41, 5.74) is 9.31. The maximum atomic E-state index is 5.92. The van der Waals surface area contributed by atoms with Crippen LogP contribution in [0.25, 0.3) is 16.9 Å². The molecule has 0 unspecified atom stereocenters. The first-order valence-corrected chi connectivity index (χ1v) is 5.71. The molecule has 0 atom stereocenters. The molecule has 0 fully saturated rings. The molecule has 0 aliphatic carbocycles. The highest BCUT2D eigenvalue weighted by molar-refractivity contribution is 5.75. The molecule has 5 heteroatoms. The smallest absolute Gasteiger partial charge is 0.177 e. The van der Waals surface area contributed by atoms with Crippen molar-refractivity contribution in [2.24, 2.45) is 0 Å². The first kappa shape index (κ1) is 10.7. The molecule has 18 heavy (non-hydrogen) atoms. The molecule has 2 heterocycles. The second kappa shape index (κ2) is 3.80. The number of nitrogen functional groups attached to an aromatic ring is 1. The van der Waals surface area contributed by atoms with Crippen molar-refractivity contribution in [3.05, 3.63) is 41.7 Å². The highest BCUT2D eigenvalue weighted by Crippen LogP contribution is 2.18. The highest BCUT2D eigenvalue weighted by atomic mass is 15.3. The Bertz CT molecular complexity index is 729. The lowest BCUT2D eigenvalue weighted by Gasteiger charge is -2.07. The molecule has 0 aliphatic rings. The third-order valence-electron chi connectivity index (χ3n) is 2.78. The van der Waals surface area contributed by atoms with Crippen LogP contribution in [0.15, 0.2) is 30.3 Å². The van der Waals surface area contributed by atoms with Gasteiger partial charge in [0.05, 0.1) is 22.4 Å². The number of para-hydroxylation sites is 2. The zero-order chi connectivity index (χ0) is 12.7. The van der Waals surface area contributed by atoms with Gasteiger partial charge in [0, 0.05) is 6.07 Å². The van der Waals surface area contributed by atoms with Gasteiger partial charge in [-0.05, 0) is 26.0 Å². The average molecular weight is 239 g/mol. The molecule has 0 spiro atoms. The highest BCUT2D eigenvalue weighted by Gasteiger charge is 2.11. The van der Waals surface area contributed by atoms with Crippen molar-refractivity contribution >= 4 is 16.9 Å². The number of nitrogens with zero attached hydrogens (tertiary/aromatic N) is 4. The van der Waals surface area contributed by atoms with Crippen LogP contribution in [0.3, 0.4) is 0 Å². The van der Waals surface area contributed by atoms with Crippen molar-refractivity contribution in [3.8, 4) is 5.82 Å². The summed E-state index contributed by atoms with van der Waals surface area (Å²) in [6, 6.07) is 9.57. The van der Waals surface area contributed by atoms with Gasteiger partial charge in [-0.1, -0.05) is 12.1 Å². The second-order valence-corrected chi connectivity index (χ2v) is 4.24. The van der Waals surface area contributed by atoms with Crippen LogP contribution in [0.2, 0.25) is 0 Å². The molecule has 0 radical (unpaired) electrons. The van der Waals surface area contributed by atoms with Gasteiger partial charge in [-0.25, -0.2) is 9.97 Å². The number of fused-ring (bicyclic) bond motifs is 1. The second-order valence-electron chi connectivity index (χ2n) is 4.24. The Balaban J connectivity index is 2.29. The first-order chi connectivity index (χ1) is 8.65. The number of hydrogen-bond acceptors (Lipinski definition) is 4. The number of anilines is 1. The van der Waals surface area contributed by atoms with Crippen molar-refractivity contribution in [2.45, 2.75) is 13.8 Å². The van der Waals surface area contributed by atoms with E-state index in [1.54, 1.807) is 4.68 Å². The minimum absolute atomic E-state index is 0.570. The number of nitrogens with two attached hydrogens (primary N) is 1. The molecule has 3 aromatic rings. The topological polar surface area (TPSA) is 69.6 Å². The fraction of sp³-hybridized carbons (Fsp3) is 0.154. The number of hydrogen-bond donors (Lipinski definition) is 1. The van der Waals surface area contributed by atoms with E-state index < -0.39 is 0 Å². The van der Waals surface area contributed by atoms with Crippen LogP contribution in [-0.2, 0) is 0 Å². The predicted octanol–water partition coefficient (Wildman–Crippen LogP) is 2.01. The molecular weight excluding hydrogens is 226 g/mol. The number of benzene rings is 1. The van der Waals surface area contributed by atoms with Gasteiger partial charge in [-0.3, -0.25) is 0 Å². The Morgan fingerprint density at radius 1 is 1.06 bits per heavy atom. The zero-order valence-corrected chi connectivity index (χ0v) is 10.3. The molecular formula is C13H13N5. The van der Waals surface area contributed by atoms with E-state index in [-0.39, 0.29) is 0 Å². The Kier molecular flexibility index (Phi) is 2.26. The summed E-state index contributed by atoms with van der Waals surface area (Å²) in [6.07, 6.45) is 0. The molecule has 5 nitrogen and oxygen atoms in total. The summed E-state index contributed by atoms with van der Waals surface area (Å²) in [7, 11) is 0. The molecule has 0 bridgehead atoms. The van der Waals surface area contributed by atoms with Crippen LogP contribution in [0.1, 0.15) is 11.4 Å². The van der Waals surface area contributed by atoms with Gasteiger partial charge in [-0.2, -0.15) is 9.78 Å². The van der Waals surface area contributed by atoms with Crippen LogP contribution < -0.4 is 5.73 Å². The fourth-order valence-electron chi connectivity index (χ4n) is 1.97. The summed E-state index contributed by atoms with van der Waals surface area (Å²) >= 11 is 0. The van der Waals surface area contributed by atoms with E-state index >= 15 is 0 Å². The van der Waals surface area contributed by atoms with Crippen LogP contribution >= 0.6 is 0 Å². The van der Waals surface area contributed by atoms with Crippen molar-refractivity contribution in [2.75, 3.05) is 5.73 Å². The van der Waals surface area contributed by atoms with Crippen LogP contribution in [0.4, 0.5) is 5.82 Å². The summed E-state index contributed by atoms with van der Waals surface area (Å²) in [5, 5.41) is 4.34. The van der Waals surface area contributed by atoms with E-state index in [0.717, 1.165) is 22.4 Å². The Morgan fingerprint density at radius 3 is 2.33 bits per heavy atom. The number of rotatable bonds is 1. The molecule has 2 N–H and O–H groups in total. The molecule has 90 valence electrons. The predicted molar refractivity (Wildman–Crippen MR) is 70.5 cm³/mol. The first-order valence-electron chi connectivity index (χ1n) is 5.71. The Morgan fingerprint density at radius 2 is 1.72 bits per heavy atom. The minimum Gasteiger partial charge on any atom is -0.384 e. The van der Waals surface area contributed by atoms with Crippen molar-refractivity contribution in [1.29, 1.82) is 0 Å². The molecule has 0 amide bonds. The van der Waals surface area contributed by atoms with E-state index in [0.29, 0.717) is 11.6 Å². The molecule has 2 aromatic heterocycles. The molecule has 1 aromatic carbocycles. The molecule has 0 aliphatic heterocycles. The lowest BCUT2D eigenvalue weighted by atomic mass is 10.3. The van der Waals surface area contributed by atoms with Gasteiger partial charge in [0.25, 0.3) is 0 Å². The van der Waals surface area contributed by atoms with E-state index in [9.17, 15) is 0 Å². The third-order valence-corrected chi connectivity index (χ3v) is 2.78. The Hall–Kier alpha value is -2.43. The van der Waals surface area contributed by atoms with Crippen molar-refractivity contribution in [3.63, 3.8) is 0 Å². The monoisotopic (exact) mass is 239 g/mol. The Labute approximate surface area is 104 Å². The van der Waals surface area contributed by atoms with E-state index in [1.807, 2.05) is 44.2 Å². The largest absolute Gasteiger partial charge is 0.384 e. The number of aryl methyl sites for hydroxylation is 2. The lowest BCUT2D eigenvalue weighted by molar-refractivity contribution is 0.829. The van der Waals surface area contributed by atoms with Crippen molar-refractivity contribution in [1.82, 2.24) is 19.7 Å². The van der Waals surface area contributed by atoms with E-state index in [4.69, 9.17) is 5.73 Å². The van der Waals surface area contributed by atoms with Crippen LogP contribution in [0, 0.1) is 13.8 Å². The van der Waals surface area contributed by atoms with Gasteiger partial charge in [0.15, 0.2) is 5.82 Å². The average Bonchev–Trinajstić information content (AvgIpc) is 2.67. The van der Waals surface area contributed by atoms with Gasteiger partial charge in [0.1, 0.15) is 5.82 Å². The normalized spacial score (nSPS) is 11.0. The summed E-state index contributed by atoms with van der Waals surface area (Å²) in [6.45, 7) is 3.81. The summed E-state index contributed by atoms with van der Waals surface area (Å²) in [4.78, 5) is 9.10. The van der Waals surface area contributed by atoms with Crippen LogP contribution in [-0.4, -0.2) is 19.7 Å². The van der Waals surface area contributed by atoms with Gasteiger partial charge < -0.3 is 5.73 Å². The van der Waals surface area contributed by atoms with E-state index in [1.165, 1.54) is 0 Å². The SMILES string of the molecule is Cc1cc(N)n(-c2nc3ccccc3nc2C)n1. The lowest BCUT2D eigenvalue weighted by Crippen LogP contribution is -2.07. The third kappa shape index (κ3) is 1.60. The fourth-order valence-corrected chi connectivity index (χ4v) is 1.97. The zero-order valence-electron chi connectivity index (χ0n) is 10.3. The molecule has 0 saturated carbocycles. The van der Waals surface area contributed by atoms with Gasteiger partial charge >= 0.3 is 0 Å². The molecule has 3 rings (SSSR count). The number of aromatic nitrogens is 4. The van der Waals surface area contributed by atoms with E-state index in [2.05, 4.69) is 15.1 Å². The molecule has 0 saturated heterocycles. The van der Waals surface area contributed by atoms with Gasteiger partial charge in [-0.15, -0.1) is 0 Å². The van der Waals surface area contributed by atoms with Crippen LogP contribution in [0.5, 0.6) is 0 Å². The van der Waals surface area contributed by atoms with Crippen molar-refractivity contribution < 1.29 is 0 Å². The standard InChI is InChI=1S/C13H13N5/c1-8-7-12(14)18(17-8)13-9(2)15-10-5-3-4-6-11(10)16-13/h3-7H,14H2,1-2H3. The maximum Gasteiger partial charge on any atom is 0.177 e. The quantitative estimate of drug-likeness (QED) is 0.705. The summed E-state index contributed by atoms with van der Waals surface area (Å²) < 4.78 is 1.63.